The van der Waals surface area contributed by atoms with Crippen molar-refractivity contribution < 1.29 is 29.3 Å². The van der Waals surface area contributed by atoms with Crippen LogP contribution in [0.2, 0.25) is 0 Å². The zero-order valence-corrected chi connectivity index (χ0v) is 15.5. The number of esters is 1. The Balaban J connectivity index is 0.000000261. The van der Waals surface area contributed by atoms with Gasteiger partial charge in [-0.2, -0.15) is 0 Å². The third kappa shape index (κ3) is 3.99. The SMILES string of the molecule is CC1(CBr)OC(=O)[C@H]2CCCN2C1=O.C[C@](O)(CBr)C(=O)O. The molecule has 3 atom stereocenters. The van der Waals surface area contributed by atoms with Gasteiger partial charge in [0.05, 0.1) is 5.33 Å². The molecule has 9 heteroatoms. The first-order valence-corrected chi connectivity index (χ1v) is 8.95. The number of carboxylic acids is 1. The highest BCUT2D eigenvalue weighted by Gasteiger charge is 2.51. The maximum absolute atomic E-state index is 11.9. The number of carbonyl (C=O) groups excluding carboxylic acids is 2. The lowest BCUT2D eigenvalue weighted by Gasteiger charge is -2.39. The number of morpholine rings is 1. The quantitative estimate of drug-likeness (QED) is 0.495. The third-order valence-corrected chi connectivity index (χ3v) is 5.70. The Labute approximate surface area is 145 Å². The first-order valence-electron chi connectivity index (χ1n) is 6.70. The predicted molar refractivity (Wildman–Crippen MR) is 85.1 cm³/mol. The van der Waals surface area contributed by atoms with E-state index in [-0.39, 0.29) is 23.2 Å². The molecule has 2 aliphatic rings. The van der Waals surface area contributed by atoms with E-state index in [1.54, 1.807) is 11.8 Å². The maximum atomic E-state index is 11.9. The van der Waals surface area contributed by atoms with Gasteiger partial charge in [-0.05, 0) is 26.7 Å². The Morgan fingerprint density at radius 2 is 2.09 bits per heavy atom. The van der Waals surface area contributed by atoms with E-state index in [9.17, 15) is 14.4 Å². The number of carbonyl (C=O) groups is 3. The van der Waals surface area contributed by atoms with E-state index in [4.69, 9.17) is 14.9 Å². The number of amides is 1. The second kappa shape index (κ2) is 7.27. The van der Waals surface area contributed by atoms with Gasteiger partial charge >= 0.3 is 11.9 Å². The fraction of sp³-hybridized carbons (Fsp3) is 0.769. The van der Waals surface area contributed by atoms with Crippen LogP contribution in [0, 0.1) is 0 Å². The van der Waals surface area contributed by atoms with Gasteiger partial charge in [0.25, 0.3) is 5.91 Å². The number of ether oxygens (including phenoxy) is 1. The summed E-state index contributed by atoms with van der Waals surface area (Å²) in [6, 6.07) is -0.324. The van der Waals surface area contributed by atoms with Gasteiger partial charge in [0.1, 0.15) is 6.04 Å². The van der Waals surface area contributed by atoms with E-state index in [2.05, 4.69) is 31.9 Å². The summed E-state index contributed by atoms with van der Waals surface area (Å²) < 4.78 is 5.17. The summed E-state index contributed by atoms with van der Waals surface area (Å²) >= 11 is 6.05. The van der Waals surface area contributed by atoms with Crippen LogP contribution in [0.25, 0.3) is 0 Å². The molecular weight excluding hydrogens is 426 g/mol. The molecule has 126 valence electrons. The number of hydrogen-bond donors (Lipinski definition) is 2. The molecule has 1 unspecified atom stereocenters. The largest absolute Gasteiger partial charge is 0.479 e. The summed E-state index contributed by atoms with van der Waals surface area (Å²) in [7, 11) is 0. The van der Waals surface area contributed by atoms with Crippen LogP contribution in [-0.2, 0) is 19.1 Å². The van der Waals surface area contributed by atoms with Gasteiger partial charge in [-0.3, -0.25) is 4.79 Å². The Kier molecular flexibility index (Phi) is 6.40. The minimum Gasteiger partial charge on any atom is -0.479 e. The Morgan fingerprint density at radius 1 is 1.50 bits per heavy atom. The molecule has 22 heavy (non-hydrogen) atoms. The minimum atomic E-state index is -1.62. The average Bonchev–Trinajstić information content (AvgIpc) is 2.95. The minimum absolute atomic E-state index is 0.0509. The molecular formula is C13H19Br2NO6. The lowest BCUT2D eigenvalue weighted by Crippen LogP contribution is -2.60. The number of nitrogens with zero attached hydrogens (tertiary/aromatic N) is 1. The molecule has 2 rings (SSSR count). The molecule has 0 aliphatic carbocycles. The molecule has 0 aromatic rings. The van der Waals surface area contributed by atoms with Gasteiger partial charge in [-0.1, -0.05) is 31.9 Å². The van der Waals surface area contributed by atoms with Crippen molar-refractivity contribution in [3.8, 4) is 0 Å². The maximum Gasteiger partial charge on any atom is 0.336 e. The summed E-state index contributed by atoms with van der Waals surface area (Å²) in [5, 5.41) is 17.3. The third-order valence-electron chi connectivity index (χ3n) is 3.54. The van der Waals surface area contributed by atoms with Gasteiger partial charge in [-0.15, -0.1) is 0 Å². The number of cyclic esters (lactones) is 1. The first kappa shape index (κ1) is 19.4. The van der Waals surface area contributed by atoms with Crippen LogP contribution in [0.3, 0.4) is 0 Å². The van der Waals surface area contributed by atoms with Gasteiger partial charge in [0, 0.05) is 11.9 Å². The molecule has 0 radical (unpaired) electrons. The van der Waals surface area contributed by atoms with E-state index in [0.29, 0.717) is 11.9 Å². The van der Waals surface area contributed by atoms with Crippen LogP contribution < -0.4 is 0 Å². The number of carboxylic acid groups (broad SMARTS) is 1. The second-order valence-electron chi connectivity index (χ2n) is 5.65. The van der Waals surface area contributed by atoms with E-state index in [0.717, 1.165) is 12.8 Å². The summed E-state index contributed by atoms with van der Waals surface area (Å²) in [4.78, 5) is 35.1. The standard InChI is InChI=1S/C9H12BrNO3.C4H7BrO3/c1-9(5-10)8(13)11-4-2-3-6(11)7(12)14-9;1-4(8,2-5)3(6)7/h6H,2-5H2,1H3;8H,2H2,1H3,(H,6,7)/t6-,9?;4-/m10/s1. The molecule has 2 saturated heterocycles. The lowest BCUT2D eigenvalue weighted by atomic mass is 10.0. The highest BCUT2D eigenvalue weighted by atomic mass is 79.9. The molecule has 2 heterocycles. The second-order valence-corrected chi connectivity index (χ2v) is 6.78. The molecule has 2 fully saturated rings. The predicted octanol–water partition coefficient (Wildman–Crippen LogP) is 0.905. The van der Waals surface area contributed by atoms with E-state index in [1.807, 2.05) is 0 Å². The highest BCUT2D eigenvalue weighted by Crippen LogP contribution is 2.31. The van der Waals surface area contributed by atoms with E-state index in [1.165, 1.54) is 6.92 Å². The van der Waals surface area contributed by atoms with Crippen molar-refractivity contribution in [3.63, 3.8) is 0 Å². The molecule has 0 saturated carbocycles. The molecule has 7 nitrogen and oxygen atoms in total. The molecule has 2 N–H and O–H groups in total. The van der Waals surface area contributed by atoms with Crippen LogP contribution in [0.1, 0.15) is 26.7 Å². The van der Waals surface area contributed by atoms with Crippen LogP contribution in [0.15, 0.2) is 0 Å². The summed E-state index contributed by atoms with van der Waals surface area (Å²) in [5.74, 6) is -1.55. The number of fused-ring (bicyclic) bond motifs is 1. The normalized spacial score (nSPS) is 29.9. The van der Waals surface area contributed by atoms with Crippen LogP contribution in [0.5, 0.6) is 0 Å². The lowest BCUT2D eigenvalue weighted by molar-refractivity contribution is -0.185. The van der Waals surface area contributed by atoms with E-state index >= 15 is 0 Å². The average molecular weight is 445 g/mol. The molecule has 2 aliphatic heterocycles. The monoisotopic (exact) mass is 443 g/mol. The van der Waals surface area contributed by atoms with Crippen molar-refractivity contribution >= 4 is 49.7 Å². The van der Waals surface area contributed by atoms with Crippen molar-refractivity contribution in [2.24, 2.45) is 0 Å². The topological polar surface area (TPSA) is 104 Å². The van der Waals surface area contributed by atoms with Crippen molar-refractivity contribution in [1.82, 2.24) is 4.90 Å². The number of halogens is 2. The molecule has 0 aromatic heterocycles. The van der Waals surface area contributed by atoms with E-state index < -0.39 is 17.2 Å². The number of aliphatic carboxylic acids is 1. The van der Waals surface area contributed by atoms with Gasteiger partial charge in [-0.25, -0.2) is 9.59 Å². The zero-order chi connectivity index (χ0) is 17.1. The summed E-state index contributed by atoms with van der Waals surface area (Å²) in [5.41, 5.74) is -2.63. The highest BCUT2D eigenvalue weighted by molar-refractivity contribution is 9.09. The zero-order valence-electron chi connectivity index (χ0n) is 12.3. The number of rotatable bonds is 3. The molecule has 0 aromatic carbocycles. The van der Waals surface area contributed by atoms with Crippen LogP contribution in [0.4, 0.5) is 0 Å². The van der Waals surface area contributed by atoms with Crippen molar-refractivity contribution in [2.75, 3.05) is 17.2 Å². The van der Waals surface area contributed by atoms with Crippen molar-refractivity contribution in [1.29, 1.82) is 0 Å². The van der Waals surface area contributed by atoms with Crippen LogP contribution in [-0.4, -0.2) is 67.4 Å². The van der Waals surface area contributed by atoms with Crippen molar-refractivity contribution in [2.45, 2.75) is 43.9 Å². The first-order chi connectivity index (χ1) is 10.1. The van der Waals surface area contributed by atoms with Gasteiger partial charge < -0.3 is 19.8 Å². The summed E-state index contributed by atoms with van der Waals surface area (Å²) in [6.07, 6.45) is 1.63. The molecule has 1 amide bonds. The summed E-state index contributed by atoms with van der Waals surface area (Å²) in [6.45, 7) is 3.56. The van der Waals surface area contributed by atoms with Gasteiger partial charge in [0.15, 0.2) is 11.2 Å². The molecule has 0 bridgehead atoms. The fourth-order valence-electron chi connectivity index (χ4n) is 2.03. The number of aliphatic hydroxyl groups is 1. The Bertz CT molecular complexity index is 469. The molecule has 0 spiro atoms. The Hall–Kier alpha value is -0.670. The number of alkyl halides is 2. The van der Waals surface area contributed by atoms with Gasteiger partial charge in [0.2, 0.25) is 0 Å². The van der Waals surface area contributed by atoms with Crippen molar-refractivity contribution in [3.05, 3.63) is 0 Å². The smallest absolute Gasteiger partial charge is 0.336 e. The fourth-order valence-corrected chi connectivity index (χ4v) is 2.63. The number of hydrogen-bond acceptors (Lipinski definition) is 5. The van der Waals surface area contributed by atoms with Crippen LogP contribution >= 0.6 is 31.9 Å². The Morgan fingerprint density at radius 3 is 2.50 bits per heavy atom.